The number of pyridine rings is 1. The number of hydrogen-bond acceptors (Lipinski definition) is 5. The molecule has 5 rings (SSSR count). The molecule has 0 saturated carbocycles. The smallest absolute Gasteiger partial charge is 0.162 e. The topological polar surface area (TPSA) is 45.2 Å². The van der Waals surface area contributed by atoms with Gasteiger partial charge in [0, 0.05) is 41.0 Å². The van der Waals surface area contributed by atoms with E-state index in [1.165, 1.54) is 11.3 Å². The number of hydrogen-bond donors (Lipinski definition) is 0. The normalized spacial score (nSPS) is 24.8. The van der Waals surface area contributed by atoms with Crippen molar-refractivity contribution in [2.45, 2.75) is 85.2 Å². The number of unbranched alkanes of at least 4 members (excludes halogenated alkanes) is 1. The van der Waals surface area contributed by atoms with Crippen LogP contribution in [0.15, 0.2) is 42.7 Å². The Morgan fingerprint density at radius 1 is 0.971 bits per heavy atom. The summed E-state index contributed by atoms with van der Waals surface area (Å²) in [5.74, 6) is 1.80. The molecule has 4 heterocycles. The van der Waals surface area contributed by atoms with Gasteiger partial charge in [-0.2, -0.15) is 0 Å². The molecule has 2 aliphatic rings. The summed E-state index contributed by atoms with van der Waals surface area (Å²) < 4.78 is 0. The molecule has 0 bridgehead atoms. The van der Waals surface area contributed by atoms with E-state index in [1.807, 2.05) is 12.4 Å². The predicted octanol–water partition coefficient (Wildman–Crippen LogP) is 7.20. The van der Waals surface area contributed by atoms with Crippen LogP contribution in [0.1, 0.15) is 77.1 Å². The van der Waals surface area contributed by atoms with Crippen molar-refractivity contribution in [1.82, 2.24) is 15.0 Å². The van der Waals surface area contributed by atoms with Crippen molar-refractivity contribution in [2.75, 3.05) is 16.8 Å². The minimum absolute atomic E-state index is 0.0334. The fourth-order valence-electron chi connectivity index (χ4n) is 6.53. The first-order chi connectivity index (χ1) is 16.8. The van der Waals surface area contributed by atoms with Crippen LogP contribution in [0, 0.1) is 12.3 Å². The lowest BCUT2D eigenvalue weighted by molar-refractivity contribution is 0.0943. The predicted molar refractivity (Wildman–Crippen MR) is 145 cm³/mol. The van der Waals surface area contributed by atoms with Gasteiger partial charge >= 0.3 is 0 Å². The van der Waals surface area contributed by atoms with Crippen molar-refractivity contribution in [3.05, 3.63) is 59.5 Å². The van der Waals surface area contributed by atoms with Gasteiger partial charge in [0.25, 0.3) is 0 Å². The minimum atomic E-state index is 0.0334. The van der Waals surface area contributed by atoms with E-state index in [-0.39, 0.29) is 17.0 Å². The summed E-state index contributed by atoms with van der Waals surface area (Å²) in [5, 5.41) is 0. The Morgan fingerprint density at radius 2 is 1.74 bits per heavy atom. The van der Waals surface area contributed by atoms with Crippen LogP contribution in [0.5, 0.6) is 0 Å². The highest BCUT2D eigenvalue weighted by atomic mass is 15.5. The zero-order valence-electron chi connectivity index (χ0n) is 22.4. The average molecular weight is 470 g/mol. The van der Waals surface area contributed by atoms with Gasteiger partial charge in [0.1, 0.15) is 11.9 Å². The summed E-state index contributed by atoms with van der Waals surface area (Å²) in [6.45, 7) is 13.9. The van der Waals surface area contributed by atoms with Gasteiger partial charge in [-0.15, -0.1) is 0 Å². The van der Waals surface area contributed by atoms with Gasteiger partial charge in [-0.25, -0.2) is 9.97 Å². The summed E-state index contributed by atoms with van der Waals surface area (Å²) in [7, 11) is 2.21. The molecular formula is C30H39N5. The van der Waals surface area contributed by atoms with E-state index in [0.717, 1.165) is 66.3 Å². The van der Waals surface area contributed by atoms with E-state index in [4.69, 9.17) is 9.97 Å². The molecule has 184 valence electrons. The first kappa shape index (κ1) is 23.8. The lowest BCUT2D eigenvalue weighted by Gasteiger charge is -2.58. The van der Waals surface area contributed by atoms with Crippen molar-refractivity contribution >= 4 is 17.2 Å². The highest BCUT2D eigenvalue weighted by Gasteiger charge is 2.59. The Balaban J connectivity index is 1.66. The summed E-state index contributed by atoms with van der Waals surface area (Å²) in [4.78, 5) is 19.7. The number of fused-ring (bicyclic) bond motifs is 5. The number of anilines is 3. The standard InChI is InChI=1S/C30H39N5/c1-8-11-14-21-17-22(20(4)18-31-21)26-32-19-25-27(33-26)34(7)28-30(6,10-3)29(5,9-2)23-15-12-13-16-24(23)35(25)28/h12-13,15-19,28H,8-11,14H2,1-7H3. The molecule has 0 amide bonds. The SMILES string of the molecule is CCCCc1cc(-c2ncc3c(n2)N(C)C2N3c3ccccc3C(C)(CC)C2(C)CC)c(C)cn1. The third kappa shape index (κ3) is 3.30. The second-order valence-electron chi connectivity index (χ2n) is 10.8. The molecule has 3 atom stereocenters. The van der Waals surface area contributed by atoms with Crippen LogP contribution in [0.25, 0.3) is 11.4 Å². The maximum absolute atomic E-state index is 5.20. The Morgan fingerprint density at radius 3 is 2.46 bits per heavy atom. The van der Waals surface area contributed by atoms with Crippen LogP contribution in [0.3, 0.4) is 0 Å². The van der Waals surface area contributed by atoms with Gasteiger partial charge < -0.3 is 9.80 Å². The molecule has 3 unspecified atom stereocenters. The van der Waals surface area contributed by atoms with Crippen LogP contribution in [-0.4, -0.2) is 28.2 Å². The number of nitrogens with zero attached hydrogens (tertiary/aromatic N) is 5. The number of para-hydroxylation sites is 1. The lowest BCUT2D eigenvalue weighted by Crippen LogP contribution is -2.62. The van der Waals surface area contributed by atoms with Crippen LogP contribution < -0.4 is 9.80 Å². The molecule has 5 heteroatoms. The molecule has 5 nitrogen and oxygen atoms in total. The van der Waals surface area contributed by atoms with Gasteiger partial charge in [-0.1, -0.05) is 59.2 Å². The third-order valence-electron chi connectivity index (χ3n) is 9.17. The summed E-state index contributed by atoms with van der Waals surface area (Å²) >= 11 is 0. The number of benzene rings is 1. The molecule has 0 saturated heterocycles. The van der Waals surface area contributed by atoms with Crippen molar-refractivity contribution in [3.8, 4) is 11.4 Å². The van der Waals surface area contributed by atoms with Crippen LogP contribution in [-0.2, 0) is 11.8 Å². The monoisotopic (exact) mass is 469 g/mol. The van der Waals surface area contributed by atoms with E-state index in [0.29, 0.717) is 0 Å². The largest absolute Gasteiger partial charge is 0.336 e. The molecule has 0 fully saturated rings. The molecule has 0 radical (unpaired) electrons. The van der Waals surface area contributed by atoms with Gasteiger partial charge in [-0.05, 0) is 55.9 Å². The Kier molecular flexibility index (Phi) is 5.85. The van der Waals surface area contributed by atoms with Crippen LogP contribution in [0.2, 0.25) is 0 Å². The number of aromatic nitrogens is 3. The van der Waals surface area contributed by atoms with Crippen LogP contribution >= 0.6 is 0 Å². The molecule has 2 aromatic heterocycles. The number of aryl methyl sites for hydroxylation is 2. The summed E-state index contributed by atoms with van der Waals surface area (Å²) in [6, 6.07) is 11.1. The third-order valence-corrected chi connectivity index (χ3v) is 9.17. The summed E-state index contributed by atoms with van der Waals surface area (Å²) in [6.07, 6.45) is 9.67. The molecule has 0 N–H and O–H groups in total. The molecular weight excluding hydrogens is 430 g/mol. The van der Waals surface area contributed by atoms with E-state index in [9.17, 15) is 0 Å². The van der Waals surface area contributed by atoms with Crippen LogP contribution in [0.4, 0.5) is 17.2 Å². The molecule has 2 aliphatic heterocycles. The lowest BCUT2D eigenvalue weighted by atomic mass is 9.55. The average Bonchev–Trinajstić information content (AvgIpc) is 3.19. The first-order valence-electron chi connectivity index (χ1n) is 13.2. The highest BCUT2D eigenvalue weighted by molar-refractivity contribution is 5.85. The zero-order chi connectivity index (χ0) is 25.0. The van der Waals surface area contributed by atoms with Crippen molar-refractivity contribution in [1.29, 1.82) is 0 Å². The van der Waals surface area contributed by atoms with Gasteiger partial charge in [0.15, 0.2) is 11.6 Å². The Hall–Kier alpha value is -2.95. The highest BCUT2D eigenvalue weighted by Crippen LogP contribution is 2.62. The Labute approximate surface area is 210 Å². The molecule has 0 spiro atoms. The first-order valence-corrected chi connectivity index (χ1v) is 13.2. The molecule has 35 heavy (non-hydrogen) atoms. The van der Waals surface area contributed by atoms with Gasteiger partial charge in [0.2, 0.25) is 0 Å². The maximum Gasteiger partial charge on any atom is 0.162 e. The molecule has 3 aromatic rings. The quantitative estimate of drug-likeness (QED) is 0.382. The Bertz CT molecular complexity index is 1250. The minimum Gasteiger partial charge on any atom is -0.336 e. The van der Waals surface area contributed by atoms with E-state index in [2.05, 4.69) is 93.7 Å². The molecule has 1 aromatic carbocycles. The van der Waals surface area contributed by atoms with E-state index in [1.54, 1.807) is 0 Å². The van der Waals surface area contributed by atoms with Crippen molar-refractivity contribution in [3.63, 3.8) is 0 Å². The summed E-state index contributed by atoms with van der Waals surface area (Å²) in [5.41, 5.74) is 7.23. The van der Waals surface area contributed by atoms with Crippen molar-refractivity contribution in [2.24, 2.45) is 5.41 Å². The van der Waals surface area contributed by atoms with E-state index >= 15 is 0 Å². The second kappa shape index (κ2) is 8.61. The van der Waals surface area contributed by atoms with Gasteiger partial charge in [-0.3, -0.25) is 4.98 Å². The maximum atomic E-state index is 5.20. The molecule has 0 aliphatic carbocycles. The fraction of sp³-hybridized carbons (Fsp3) is 0.500. The van der Waals surface area contributed by atoms with Crippen molar-refractivity contribution < 1.29 is 0 Å². The fourth-order valence-corrected chi connectivity index (χ4v) is 6.53. The number of rotatable bonds is 6. The second-order valence-corrected chi connectivity index (χ2v) is 10.8. The zero-order valence-corrected chi connectivity index (χ0v) is 22.4. The van der Waals surface area contributed by atoms with Gasteiger partial charge in [0.05, 0.1) is 6.20 Å². The van der Waals surface area contributed by atoms with E-state index < -0.39 is 0 Å².